The minimum atomic E-state index is -0.890. The summed E-state index contributed by atoms with van der Waals surface area (Å²) in [5, 5.41) is 23.2. The molecule has 0 saturated heterocycles. The summed E-state index contributed by atoms with van der Waals surface area (Å²) in [5.74, 6) is 0. The average Bonchev–Trinajstić information content (AvgIpc) is 2.65. The highest BCUT2D eigenvalue weighted by atomic mass is 16.3. The predicted molar refractivity (Wildman–Crippen MR) is 52.5 cm³/mol. The number of aryl methyl sites for hydroxylation is 1. The van der Waals surface area contributed by atoms with Gasteiger partial charge in [-0.1, -0.05) is 0 Å². The Kier molecular flexibility index (Phi) is 4.06. The van der Waals surface area contributed by atoms with Gasteiger partial charge in [-0.15, -0.1) is 0 Å². The van der Waals surface area contributed by atoms with Crippen LogP contribution in [0.3, 0.4) is 0 Å². The third-order valence-electron chi connectivity index (χ3n) is 2.15. The number of aliphatic hydroxyl groups is 2. The van der Waals surface area contributed by atoms with Gasteiger partial charge in [0.2, 0.25) is 0 Å². The maximum absolute atomic E-state index is 9.67. The Morgan fingerprint density at radius 3 is 2.79 bits per heavy atom. The average molecular weight is 199 g/mol. The molecule has 80 valence electrons. The molecule has 5 heteroatoms. The maximum Gasteiger partial charge on any atom is 0.108 e. The van der Waals surface area contributed by atoms with E-state index in [1.165, 1.54) is 0 Å². The molecule has 0 bridgehead atoms. The van der Waals surface area contributed by atoms with Crippen LogP contribution in [0.4, 0.5) is 0 Å². The Balaban J connectivity index is 2.63. The molecule has 0 aliphatic carbocycles. The van der Waals surface area contributed by atoms with Gasteiger partial charge in [0, 0.05) is 18.3 Å². The van der Waals surface area contributed by atoms with Crippen molar-refractivity contribution in [1.82, 2.24) is 9.78 Å². The van der Waals surface area contributed by atoms with E-state index in [0.717, 1.165) is 6.54 Å². The first-order chi connectivity index (χ1) is 6.69. The number of hydrogen-bond donors (Lipinski definition) is 3. The fourth-order valence-corrected chi connectivity index (χ4v) is 1.26. The van der Waals surface area contributed by atoms with Crippen molar-refractivity contribution in [1.29, 1.82) is 0 Å². The fourth-order valence-electron chi connectivity index (χ4n) is 1.26. The van der Waals surface area contributed by atoms with Crippen LogP contribution in [0, 0.1) is 0 Å². The fraction of sp³-hybridized carbons (Fsp3) is 0.667. The molecule has 1 aromatic rings. The Labute approximate surface area is 83.2 Å². The van der Waals surface area contributed by atoms with Crippen LogP contribution in [0.25, 0.3) is 0 Å². The Morgan fingerprint density at radius 2 is 2.29 bits per heavy atom. The van der Waals surface area contributed by atoms with Gasteiger partial charge in [-0.2, -0.15) is 5.10 Å². The molecule has 1 aromatic heterocycles. The molecule has 14 heavy (non-hydrogen) atoms. The first-order valence-corrected chi connectivity index (χ1v) is 4.77. The molecule has 0 aromatic carbocycles. The van der Waals surface area contributed by atoms with Crippen molar-refractivity contribution < 1.29 is 10.2 Å². The van der Waals surface area contributed by atoms with Crippen molar-refractivity contribution in [2.45, 2.75) is 32.1 Å². The van der Waals surface area contributed by atoms with Gasteiger partial charge in [0.05, 0.1) is 12.3 Å². The predicted octanol–water partition coefficient (Wildman–Crippen LogP) is -0.354. The molecule has 0 radical (unpaired) electrons. The summed E-state index contributed by atoms with van der Waals surface area (Å²) in [6.45, 7) is 3.07. The van der Waals surface area contributed by atoms with Gasteiger partial charge in [-0.25, -0.2) is 0 Å². The smallest absolute Gasteiger partial charge is 0.108 e. The lowest BCUT2D eigenvalue weighted by Crippen LogP contribution is -2.21. The van der Waals surface area contributed by atoms with E-state index in [1.54, 1.807) is 17.1 Å². The highest BCUT2D eigenvalue weighted by Crippen LogP contribution is 2.17. The number of rotatable bonds is 5. The van der Waals surface area contributed by atoms with Gasteiger partial charge in [0.1, 0.15) is 6.10 Å². The Bertz CT molecular complexity index is 275. The number of aliphatic hydroxyl groups excluding tert-OH is 2. The lowest BCUT2D eigenvalue weighted by molar-refractivity contribution is 0.0150. The van der Waals surface area contributed by atoms with Crippen LogP contribution in [0.15, 0.2) is 12.4 Å². The van der Waals surface area contributed by atoms with Crippen LogP contribution in [0.5, 0.6) is 0 Å². The number of nitrogens with two attached hydrogens (primary N) is 1. The SMILES string of the molecule is CCn1cc(C(O)C(O)CCN)cn1. The minimum absolute atomic E-state index is 0.361. The summed E-state index contributed by atoms with van der Waals surface area (Å²) in [4.78, 5) is 0. The number of hydrogen-bond acceptors (Lipinski definition) is 4. The molecule has 5 nitrogen and oxygen atoms in total. The lowest BCUT2D eigenvalue weighted by Gasteiger charge is -2.15. The zero-order chi connectivity index (χ0) is 10.6. The van der Waals surface area contributed by atoms with E-state index in [4.69, 9.17) is 5.73 Å². The lowest BCUT2D eigenvalue weighted by atomic mass is 10.1. The Hall–Kier alpha value is -0.910. The topological polar surface area (TPSA) is 84.3 Å². The van der Waals surface area contributed by atoms with Crippen LogP contribution < -0.4 is 5.73 Å². The van der Waals surface area contributed by atoms with E-state index in [1.807, 2.05) is 6.92 Å². The molecule has 0 amide bonds. The number of aromatic nitrogens is 2. The van der Waals surface area contributed by atoms with Gasteiger partial charge >= 0.3 is 0 Å². The van der Waals surface area contributed by atoms with Crippen molar-refractivity contribution in [3.05, 3.63) is 18.0 Å². The second kappa shape index (κ2) is 5.09. The molecule has 0 aliphatic rings. The molecule has 2 unspecified atom stereocenters. The van der Waals surface area contributed by atoms with Crippen LogP contribution >= 0.6 is 0 Å². The van der Waals surface area contributed by atoms with Crippen molar-refractivity contribution in [2.24, 2.45) is 5.73 Å². The van der Waals surface area contributed by atoms with Gasteiger partial charge in [-0.05, 0) is 19.9 Å². The summed E-state index contributed by atoms with van der Waals surface area (Å²) >= 11 is 0. The molecule has 0 saturated carbocycles. The van der Waals surface area contributed by atoms with E-state index in [9.17, 15) is 10.2 Å². The van der Waals surface area contributed by atoms with E-state index in [-0.39, 0.29) is 0 Å². The van der Waals surface area contributed by atoms with E-state index < -0.39 is 12.2 Å². The third-order valence-corrected chi connectivity index (χ3v) is 2.15. The third kappa shape index (κ3) is 2.54. The molecule has 1 heterocycles. The maximum atomic E-state index is 9.67. The standard InChI is InChI=1S/C9H17N3O2/c1-2-12-6-7(5-11-12)9(14)8(13)3-4-10/h5-6,8-9,13-14H,2-4,10H2,1H3. The van der Waals surface area contributed by atoms with Gasteiger partial charge in [0.25, 0.3) is 0 Å². The zero-order valence-electron chi connectivity index (χ0n) is 8.30. The summed E-state index contributed by atoms with van der Waals surface area (Å²) in [6, 6.07) is 0. The van der Waals surface area contributed by atoms with Crippen molar-refractivity contribution >= 4 is 0 Å². The second-order valence-electron chi connectivity index (χ2n) is 3.22. The van der Waals surface area contributed by atoms with E-state index in [2.05, 4.69) is 5.10 Å². The minimum Gasteiger partial charge on any atom is -0.390 e. The molecule has 4 N–H and O–H groups in total. The summed E-state index contributed by atoms with van der Waals surface area (Å²) < 4.78 is 1.70. The molecule has 0 aliphatic heterocycles. The van der Waals surface area contributed by atoms with Crippen molar-refractivity contribution in [2.75, 3.05) is 6.54 Å². The molecule has 2 atom stereocenters. The van der Waals surface area contributed by atoms with Crippen LogP contribution in [-0.4, -0.2) is 32.6 Å². The molecular weight excluding hydrogens is 182 g/mol. The zero-order valence-corrected chi connectivity index (χ0v) is 8.30. The number of nitrogens with zero attached hydrogens (tertiary/aromatic N) is 2. The largest absolute Gasteiger partial charge is 0.390 e. The second-order valence-corrected chi connectivity index (χ2v) is 3.22. The highest BCUT2D eigenvalue weighted by Gasteiger charge is 2.18. The van der Waals surface area contributed by atoms with Gasteiger partial charge in [-0.3, -0.25) is 4.68 Å². The van der Waals surface area contributed by atoms with Crippen LogP contribution in [-0.2, 0) is 6.54 Å². The Morgan fingerprint density at radius 1 is 1.57 bits per heavy atom. The molecule has 0 spiro atoms. The molecule has 0 fully saturated rings. The molecular formula is C9H17N3O2. The quantitative estimate of drug-likeness (QED) is 0.605. The highest BCUT2D eigenvalue weighted by molar-refractivity contribution is 5.09. The first kappa shape index (κ1) is 11.2. The van der Waals surface area contributed by atoms with Crippen molar-refractivity contribution in [3.8, 4) is 0 Å². The molecule has 1 rings (SSSR count). The van der Waals surface area contributed by atoms with E-state index >= 15 is 0 Å². The summed E-state index contributed by atoms with van der Waals surface area (Å²) in [7, 11) is 0. The van der Waals surface area contributed by atoms with Crippen LogP contribution in [0.1, 0.15) is 25.0 Å². The summed E-state index contributed by atoms with van der Waals surface area (Å²) in [5.41, 5.74) is 5.92. The normalized spacial score (nSPS) is 15.4. The van der Waals surface area contributed by atoms with Crippen molar-refractivity contribution in [3.63, 3.8) is 0 Å². The summed E-state index contributed by atoms with van der Waals surface area (Å²) in [6.07, 6.45) is 1.98. The van der Waals surface area contributed by atoms with Gasteiger partial charge in [0.15, 0.2) is 0 Å². The van der Waals surface area contributed by atoms with Crippen LogP contribution in [0.2, 0.25) is 0 Å². The first-order valence-electron chi connectivity index (χ1n) is 4.77. The monoisotopic (exact) mass is 199 g/mol. The van der Waals surface area contributed by atoms with Gasteiger partial charge < -0.3 is 15.9 Å². The van der Waals surface area contributed by atoms with E-state index in [0.29, 0.717) is 18.5 Å².